The van der Waals surface area contributed by atoms with Gasteiger partial charge in [-0.15, -0.1) is 0 Å². The smallest absolute Gasteiger partial charge is 0.279 e. The fourth-order valence-corrected chi connectivity index (χ4v) is 2.49. The van der Waals surface area contributed by atoms with Crippen molar-refractivity contribution in [2.75, 3.05) is 24.1 Å². The number of thioether (sulfide) groups is 1. The summed E-state index contributed by atoms with van der Waals surface area (Å²) < 4.78 is 5.08. The van der Waals surface area contributed by atoms with Gasteiger partial charge in [0.05, 0.1) is 17.6 Å². The largest absolute Gasteiger partial charge is 0.462 e. The summed E-state index contributed by atoms with van der Waals surface area (Å²) in [5, 5.41) is 11.0. The van der Waals surface area contributed by atoms with E-state index in [1.54, 1.807) is 24.3 Å². The van der Waals surface area contributed by atoms with E-state index >= 15 is 0 Å². The molecule has 0 aliphatic carbocycles. The molecule has 0 aliphatic heterocycles. The first-order valence-electron chi connectivity index (χ1n) is 7.53. The highest BCUT2D eigenvalue weighted by Gasteiger charge is 2.11. The minimum absolute atomic E-state index is 0.0462. The van der Waals surface area contributed by atoms with Crippen molar-refractivity contribution in [2.45, 2.75) is 6.42 Å². The number of benzene rings is 1. The number of nitrogens with two attached hydrogens (primary N) is 3. The van der Waals surface area contributed by atoms with Crippen LogP contribution in [0.3, 0.4) is 0 Å². The third-order valence-electron chi connectivity index (χ3n) is 3.16. The SMILES string of the molecule is N=C(SC(N)=NC(=O)c1ccc(NCCCN)c(N)c1)c1ccco1. The molecule has 25 heavy (non-hydrogen) atoms. The van der Waals surface area contributed by atoms with Crippen molar-refractivity contribution >= 4 is 39.3 Å². The lowest BCUT2D eigenvalue weighted by molar-refractivity contribution is 0.100. The Kier molecular flexibility index (Phi) is 6.61. The molecule has 0 spiro atoms. The molecule has 0 radical (unpaired) electrons. The van der Waals surface area contributed by atoms with Crippen LogP contribution in [0.25, 0.3) is 0 Å². The van der Waals surface area contributed by atoms with Crippen LogP contribution >= 0.6 is 11.8 Å². The molecule has 1 aromatic carbocycles. The summed E-state index contributed by atoms with van der Waals surface area (Å²) in [4.78, 5) is 16.0. The zero-order valence-electron chi connectivity index (χ0n) is 13.5. The number of amidine groups is 1. The molecule has 1 aromatic heterocycles. The van der Waals surface area contributed by atoms with Gasteiger partial charge in [0, 0.05) is 12.1 Å². The second-order valence-electron chi connectivity index (χ2n) is 5.03. The molecule has 1 amide bonds. The van der Waals surface area contributed by atoms with Crippen molar-refractivity contribution in [3.8, 4) is 0 Å². The molecule has 2 rings (SSSR count). The number of nitrogen functional groups attached to an aromatic ring is 1. The monoisotopic (exact) mass is 360 g/mol. The minimum atomic E-state index is -0.530. The van der Waals surface area contributed by atoms with E-state index in [0.717, 1.165) is 23.9 Å². The Hall–Kier alpha value is -2.78. The highest BCUT2D eigenvalue weighted by atomic mass is 32.2. The molecule has 0 unspecified atom stereocenters. The van der Waals surface area contributed by atoms with Crippen LogP contribution in [0.2, 0.25) is 0 Å². The van der Waals surface area contributed by atoms with Crippen LogP contribution in [0.4, 0.5) is 11.4 Å². The summed E-state index contributed by atoms with van der Waals surface area (Å²) in [5.41, 5.74) is 18.6. The number of nitrogens with zero attached hydrogens (tertiary/aromatic N) is 1. The number of hydrogen-bond donors (Lipinski definition) is 5. The van der Waals surface area contributed by atoms with Gasteiger partial charge in [0.25, 0.3) is 5.91 Å². The number of carbonyl (C=O) groups excluding carboxylic acids is 1. The average Bonchev–Trinajstić information content (AvgIpc) is 3.11. The van der Waals surface area contributed by atoms with E-state index < -0.39 is 5.91 Å². The third kappa shape index (κ3) is 5.37. The van der Waals surface area contributed by atoms with Crippen LogP contribution in [0.1, 0.15) is 22.5 Å². The highest BCUT2D eigenvalue weighted by molar-refractivity contribution is 8.26. The minimum Gasteiger partial charge on any atom is -0.462 e. The fraction of sp³-hybridized carbons (Fsp3) is 0.188. The predicted octanol–water partition coefficient (Wildman–Crippen LogP) is 1.84. The Morgan fingerprint density at radius 3 is 2.80 bits per heavy atom. The lowest BCUT2D eigenvalue weighted by Crippen LogP contribution is -2.13. The molecule has 0 fully saturated rings. The summed E-state index contributed by atoms with van der Waals surface area (Å²) in [6, 6.07) is 8.15. The lowest BCUT2D eigenvalue weighted by atomic mass is 10.1. The van der Waals surface area contributed by atoms with Gasteiger partial charge < -0.3 is 26.9 Å². The van der Waals surface area contributed by atoms with E-state index in [9.17, 15) is 4.79 Å². The molecule has 132 valence electrons. The Morgan fingerprint density at radius 1 is 1.36 bits per heavy atom. The van der Waals surface area contributed by atoms with E-state index in [0.29, 0.717) is 30.1 Å². The maximum absolute atomic E-state index is 12.2. The second kappa shape index (κ2) is 8.90. The maximum atomic E-state index is 12.2. The van der Waals surface area contributed by atoms with Crippen LogP contribution in [-0.4, -0.2) is 29.2 Å². The molecule has 0 saturated heterocycles. The van der Waals surface area contributed by atoms with E-state index in [4.69, 9.17) is 27.0 Å². The van der Waals surface area contributed by atoms with Gasteiger partial charge in [-0.1, -0.05) is 0 Å². The summed E-state index contributed by atoms with van der Waals surface area (Å²) in [7, 11) is 0. The molecule has 2 aromatic rings. The van der Waals surface area contributed by atoms with Gasteiger partial charge in [-0.25, -0.2) is 0 Å². The molecule has 0 aliphatic rings. The van der Waals surface area contributed by atoms with Crippen molar-refractivity contribution < 1.29 is 9.21 Å². The van der Waals surface area contributed by atoms with Gasteiger partial charge in [0.2, 0.25) is 0 Å². The van der Waals surface area contributed by atoms with Gasteiger partial charge in [-0.3, -0.25) is 10.2 Å². The predicted molar refractivity (Wildman–Crippen MR) is 102 cm³/mol. The normalized spacial score (nSPS) is 11.3. The number of hydrogen-bond acceptors (Lipinski definition) is 7. The summed E-state index contributed by atoms with van der Waals surface area (Å²) in [6.07, 6.45) is 2.27. The average molecular weight is 360 g/mol. The quantitative estimate of drug-likeness (QED) is 0.228. The number of carbonyl (C=O) groups is 1. The molecular weight excluding hydrogens is 340 g/mol. The number of furan rings is 1. The number of aliphatic imine (C=N–C) groups is 1. The standard InChI is InChI=1S/C16H20N6O2S/c17-6-2-7-21-12-5-4-10(9-11(12)18)15(23)22-16(20)25-14(19)13-3-1-8-24-13/h1,3-5,8-9,19,21H,2,6-7,17-18H2,(H2,20,22,23). The van der Waals surface area contributed by atoms with Crippen molar-refractivity contribution in [2.24, 2.45) is 16.5 Å². The van der Waals surface area contributed by atoms with E-state index in [2.05, 4.69) is 10.3 Å². The molecule has 8 nitrogen and oxygen atoms in total. The van der Waals surface area contributed by atoms with Crippen LogP contribution < -0.4 is 22.5 Å². The zero-order valence-corrected chi connectivity index (χ0v) is 14.3. The zero-order chi connectivity index (χ0) is 18.2. The number of rotatable bonds is 6. The first-order chi connectivity index (χ1) is 12.0. The maximum Gasteiger partial charge on any atom is 0.279 e. The second-order valence-corrected chi connectivity index (χ2v) is 6.07. The van der Waals surface area contributed by atoms with Gasteiger partial charge in [-0.05, 0) is 55.1 Å². The first-order valence-corrected chi connectivity index (χ1v) is 8.35. The summed E-state index contributed by atoms with van der Waals surface area (Å²) >= 11 is 0.842. The Morgan fingerprint density at radius 2 is 2.16 bits per heavy atom. The van der Waals surface area contributed by atoms with E-state index in [1.807, 2.05) is 0 Å². The lowest BCUT2D eigenvalue weighted by Gasteiger charge is -2.09. The van der Waals surface area contributed by atoms with Crippen LogP contribution in [0.15, 0.2) is 46.0 Å². The Balaban J connectivity index is 2.01. The molecule has 0 atom stereocenters. The summed E-state index contributed by atoms with van der Waals surface area (Å²) in [5.74, 6) is -0.176. The van der Waals surface area contributed by atoms with Crippen molar-refractivity contribution in [3.05, 3.63) is 47.9 Å². The highest BCUT2D eigenvalue weighted by Crippen LogP contribution is 2.21. The van der Waals surface area contributed by atoms with E-state index in [1.165, 1.54) is 12.3 Å². The van der Waals surface area contributed by atoms with Gasteiger partial charge in [-0.2, -0.15) is 4.99 Å². The fourth-order valence-electron chi connectivity index (χ4n) is 1.93. The molecular formula is C16H20N6O2S. The molecule has 0 bridgehead atoms. The van der Waals surface area contributed by atoms with Crippen molar-refractivity contribution in [1.82, 2.24) is 0 Å². The molecule has 1 heterocycles. The number of nitrogens with one attached hydrogen (secondary N) is 2. The molecule has 8 N–H and O–H groups in total. The van der Waals surface area contributed by atoms with Crippen molar-refractivity contribution in [3.63, 3.8) is 0 Å². The van der Waals surface area contributed by atoms with Crippen LogP contribution in [-0.2, 0) is 0 Å². The number of anilines is 2. The molecule has 9 heteroatoms. The van der Waals surface area contributed by atoms with Crippen LogP contribution in [0.5, 0.6) is 0 Å². The van der Waals surface area contributed by atoms with Gasteiger partial charge >= 0.3 is 0 Å². The Labute approximate surface area is 149 Å². The van der Waals surface area contributed by atoms with Gasteiger partial charge in [0.15, 0.2) is 10.9 Å². The van der Waals surface area contributed by atoms with Crippen molar-refractivity contribution in [1.29, 1.82) is 5.41 Å². The number of amides is 1. The Bertz CT molecular complexity index is 773. The topological polar surface area (TPSA) is 157 Å². The van der Waals surface area contributed by atoms with Gasteiger partial charge in [0.1, 0.15) is 5.04 Å². The third-order valence-corrected chi connectivity index (χ3v) is 3.86. The van der Waals surface area contributed by atoms with Crippen LogP contribution in [0, 0.1) is 5.41 Å². The first kappa shape index (κ1) is 18.6. The van der Waals surface area contributed by atoms with E-state index in [-0.39, 0.29) is 10.2 Å². The molecule has 0 saturated carbocycles. The summed E-state index contributed by atoms with van der Waals surface area (Å²) in [6.45, 7) is 1.28.